The largest absolute Gasteiger partial charge is 0.379 e. The second kappa shape index (κ2) is 9.08. The molecule has 0 bridgehead atoms. The number of ether oxygens (including phenoxy) is 1. The molecule has 1 fully saturated rings. The summed E-state index contributed by atoms with van der Waals surface area (Å²) < 4.78 is 5.45. The zero-order valence-electron chi connectivity index (χ0n) is 15.5. The maximum Gasteiger partial charge on any atom is 0.183 e. The first-order valence-electron chi connectivity index (χ1n) is 9.36. The molecule has 1 N–H and O–H groups in total. The van der Waals surface area contributed by atoms with Gasteiger partial charge in [0.15, 0.2) is 5.78 Å². The number of nitrogens with zero attached hydrogens (tertiary/aromatic N) is 1. The lowest BCUT2D eigenvalue weighted by Crippen LogP contribution is -2.54. The van der Waals surface area contributed by atoms with Crippen molar-refractivity contribution in [1.82, 2.24) is 10.2 Å². The van der Waals surface area contributed by atoms with Gasteiger partial charge in [-0.1, -0.05) is 60.7 Å². The van der Waals surface area contributed by atoms with E-state index >= 15 is 0 Å². The van der Waals surface area contributed by atoms with Crippen LogP contribution in [0.1, 0.15) is 22.3 Å². The monoisotopic (exact) mass is 352 g/mol. The molecule has 2 aromatic carbocycles. The minimum Gasteiger partial charge on any atom is -0.379 e. The molecule has 0 aliphatic carbocycles. The standard InChI is InChI=1S/C22H28N2O2/c1-23-22(18-19-8-4-2-5-9-19,12-13-24-14-16-26-17-15-24)21(25)20-10-6-3-7-11-20/h2-11,23H,12-18H2,1H3. The van der Waals surface area contributed by atoms with E-state index < -0.39 is 5.54 Å². The van der Waals surface area contributed by atoms with Crippen molar-refractivity contribution in [1.29, 1.82) is 0 Å². The summed E-state index contributed by atoms with van der Waals surface area (Å²) in [4.78, 5) is 15.9. The first-order chi connectivity index (χ1) is 12.7. The average Bonchev–Trinajstić information content (AvgIpc) is 2.73. The summed E-state index contributed by atoms with van der Waals surface area (Å²) in [6.45, 7) is 4.31. The van der Waals surface area contributed by atoms with E-state index in [-0.39, 0.29) is 5.78 Å². The van der Waals surface area contributed by atoms with E-state index in [4.69, 9.17) is 4.74 Å². The number of hydrogen-bond donors (Lipinski definition) is 1. The molecule has 1 heterocycles. The topological polar surface area (TPSA) is 41.6 Å². The first-order valence-corrected chi connectivity index (χ1v) is 9.36. The molecule has 4 heteroatoms. The molecule has 2 aromatic rings. The van der Waals surface area contributed by atoms with Gasteiger partial charge in [-0.2, -0.15) is 0 Å². The minimum absolute atomic E-state index is 0.165. The van der Waals surface area contributed by atoms with E-state index in [9.17, 15) is 4.79 Å². The van der Waals surface area contributed by atoms with Crippen molar-refractivity contribution in [2.45, 2.75) is 18.4 Å². The van der Waals surface area contributed by atoms with E-state index in [0.717, 1.165) is 44.8 Å². The molecule has 4 nitrogen and oxygen atoms in total. The number of likely N-dealkylation sites (N-methyl/N-ethyl adjacent to an activating group) is 1. The Balaban J connectivity index is 1.83. The van der Waals surface area contributed by atoms with Crippen LogP contribution in [0.4, 0.5) is 0 Å². The van der Waals surface area contributed by atoms with Gasteiger partial charge in [-0.3, -0.25) is 9.69 Å². The maximum atomic E-state index is 13.5. The number of benzene rings is 2. The van der Waals surface area contributed by atoms with Crippen molar-refractivity contribution >= 4 is 5.78 Å². The SMILES string of the molecule is CNC(CCN1CCOCC1)(Cc1ccccc1)C(=O)c1ccccc1. The summed E-state index contributed by atoms with van der Waals surface area (Å²) in [6.07, 6.45) is 1.45. The summed E-state index contributed by atoms with van der Waals surface area (Å²) in [5.41, 5.74) is 1.33. The number of morpholine rings is 1. The van der Waals surface area contributed by atoms with Crippen LogP contribution in [-0.4, -0.2) is 56.1 Å². The molecule has 0 spiro atoms. The van der Waals surface area contributed by atoms with Crippen molar-refractivity contribution in [3.8, 4) is 0 Å². The van der Waals surface area contributed by atoms with Gasteiger partial charge in [-0.25, -0.2) is 0 Å². The van der Waals surface area contributed by atoms with Crippen molar-refractivity contribution in [3.63, 3.8) is 0 Å². The van der Waals surface area contributed by atoms with Crippen LogP contribution in [0.2, 0.25) is 0 Å². The van der Waals surface area contributed by atoms with Gasteiger partial charge in [-0.05, 0) is 25.5 Å². The Labute approximate surface area is 156 Å². The first kappa shape index (κ1) is 18.8. The van der Waals surface area contributed by atoms with Gasteiger partial charge in [0.1, 0.15) is 0 Å². The van der Waals surface area contributed by atoms with E-state index in [1.165, 1.54) is 5.56 Å². The van der Waals surface area contributed by atoms with Crippen LogP contribution >= 0.6 is 0 Å². The van der Waals surface area contributed by atoms with Crippen LogP contribution in [0, 0.1) is 0 Å². The summed E-state index contributed by atoms with van der Waals surface area (Å²) in [5, 5.41) is 3.39. The van der Waals surface area contributed by atoms with Crippen LogP contribution in [0.25, 0.3) is 0 Å². The molecule has 1 aliphatic rings. The molecular weight excluding hydrogens is 324 g/mol. The molecule has 26 heavy (non-hydrogen) atoms. The zero-order valence-corrected chi connectivity index (χ0v) is 15.5. The van der Waals surface area contributed by atoms with E-state index in [1.54, 1.807) is 0 Å². The number of hydrogen-bond acceptors (Lipinski definition) is 4. The fourth-order valence-corrected chi connectivity index (χ4v) is 3.59. The van der Waals surface area contributed by atoms with Gasteiger partial charge in [0.05, 0.1) is 18.8 Å². The van der Waals surface area contributed by atoms with Gasteiger partial charge in [0, 0.05) is 25.2 Å². The minimum atomic E-state index is -0.610. The van der Waals surface area contributed by atoms with Gasteiger partial charge < -0.3 is 10.1 Å². The number of ketones is 1. The summed E-state index contributed by atoms with van der Waals surface area (Å²) in [7, 11) is 1.91. The molecule has 0 amide bonds. The predicted octanol–water partition coefficient (Wildman–Crippen LogP) is 2.79. The Kier molecular flexibility index (Phi) is 6.56. The molecule has 1 unspecified atom stereocenters. The normalized spacial score (nSPS) is 17.6. The third-order valence-electron chi connectivity index (χ3n) is 5.26. The quantitative estimate of drug-likeness (QED) is 0.742. The van der Waals surface area contributed by atoms with Gasteiger partial charge in [0.2, 0.25) is 0 Å². The number of nitrogens with one attached hydrogen (secondary N) is 1. The second-order valence-electron chi connectivity index (χ2n) is 6.89. The highest BCUT2D eigenvalue weighted by Gasteiger charge is 2.37. The lowest BCUT2D eigenvalue weighted by Gasteiger charge is -2.36. The van der Waals surface area contributed by atoms with Crippen LogP contribution in [-0.2, 0) is 11.2 Å². The number of Topliss-reactive ketones (excluding diaryl/α,β-unsaturated/α-hetero) is 1. The van der Waals surface area contributed by atoms with E-state index in [1.807, 2.05) is 55.6 Å². The predicted molar refractivity (Wildman–Crippen MR) is 105 cm³/mol. The molecule has 0 saturated carbocycles. The maximum absolute atomic E-state index is 13.5. The van der Waals surface area contributed by atoms with Gasteiger partial charge in [0.25, 0.3) is 0 Å². The molecule has 138 valence electrons. The lowest BCUT2D eigenvalue weighted by molar-refractivity contribution is 0.0332. The number of carbonyl (C=O) groups is 1. The van der Waals surface area contributed by atoms with Crippen molar-refractivity contribution in [3.05, 3.63) is 71.8 Å². The number of carbonyl (C=O) groups excluding carboxylic acids is 1. The summed E-state index contributed by atoms with van der Waals surface area (Å²) >= 11 is 0. The Morgan fingerprint density at radius 2 is 1.65 bits per heavy atom. The lowest BCUT2D eigenvalue weighted by atomic mass is 9.80. The van der Waals surface area contributed by atoms with E-state index in [0.29, 0.717) is 6.42 Å². The highest BCUT2D eigenvalue weighted by molar-refractivity contribution is 6.03. The van der Waals surface area contributed by atoms with Gasteiger partial charge >= 0.3 is 0 Å². The third kappa shape index (κ3) is 4.58. The Morgan fingerprint density at radius 1 is 1.04 bits per heavy atom. The summed E-state index contributed by atoms with van der Waals surface area (Å²) in [5.74, 6) is 0.165. The molecule has 1 saturated heterocycles. The van der Waals surface area contributed by atoms with Crippen molar-refractivity contribution < 1.29 is 9.53 Å². The van der Waals surface area contributed by atoms with Crippen LogP contribution in [0.3, 0.4) is 0 Å². The van der Waals surface area contributed by atoms with Crippen LogP contribution in [0.15, 0.2) is 60.7 Å². The Morgan fingerprint density at radius 3 is 2.27 bits per heavy atom. The second-order valence-corrected chi connectivity index (χ2v) is 6.89. The van der Waals surface area contributed by atoms with Crippen LogP contribution < -0.4 is 5.32 Å². The Hall–Kier alpha value is -2.01. The van der Waals surface area contributed by atoms with Gasteiger partial charge in [-0.15, -0.1) is 0 Å². The third-order valence-corrected chi connectivity index (χ3v) is 5.26. The zero-order chi connectivity index (χ0) is 18.2. The molecule has 1 aliphatic heterocycles. The smallest absolute Gasteiger partial charge is 0.183 e. The molecule has 0 aromatic heterocycles. The van der Waals surface area contributed by atoms with Crippen molar-refractivity contribution in [2.75, 3.05) is 39.9 Å². The van der Waals surface area contributed by atoms with Crippen LogP contribution in [0.5, 0.6) is 0 Å². The average molecular weight is 352 g/mol. The molecular formula is C22H28N2O2. The molecule has 3 rings (SSSR count). The Bertz CT molecular complexity index is 684. The van der Waals surface area contributed by atoms with E-state index in [2.05, 4.69) is 22.3 Å². The molecule has 1 atom stereocenters. The highest BCUT2D eigenvalue weighted by atomic mass is 16.5. The fraction of sp³-hybridized carbons (Fsp3) is 0.409. The fourth-order valence-electron chi connectivity index (χ4n) is 3.59. The highest BCUT2D eigenvalue weighted by Crippen LogP contribution is 2.24. The molecule has 0 radical (unpaired) electrons. The van der Waals surface area contributed by atoms with Crippen molar-refractivity contribution in [2.24, 2.45) is 0 Å². The number of rotatable bonds is 8. The summed E-state index contributed by atoms with van der Waals surface area (Å²) in [6, 6.07) is 19.9.